The van der Waals surface area contributed by atoms with Crippen molar-refractivity contribution >= 4 is 0 Å². The van der Waals surface area contributed by atoms with Gasteiger partial charge in [0.05, 0.1) is 27.4 Å². The minimum atomic E-state index is -0.423. The van der Waals surface area contributed by atoms with Crippen LogP contribution in [-0.2, 0) is 6.42 Å². The molecule has 6 nitrogen and oxygen atoms in total. The molecule has 1 unspecified atom stereocenters. The molecule has 0 spiro atoms. The van der Waals surface area contributed by atoms with Gasteiger partial charge in [0.25, 0.3) is 0 Å². The van der Waals surface area contributed by atoms with Crippen molar-refractivity contribution in [1.82, 2.24) is 9.80 Å². The number of nitrogens with zero attached hydrogens (tertiary/aromatic N) is 2. The van der Waals surface area contributed by atoms with Crippen LogP contribution in [0.2, 0.25) is 0 Å². The van der Waals surface area contributed by atoms with Crippen LogP contribution in [0, 0.1) is 11.6 Å². The molecular formula is C33H42F2N2O4. The number of aliphatic hydroxyl groups excluding tert-OH is 1. The Kier molecular flexibility index (Phi) is 11.4. The third-order valence-corrected chi connectivity index (χ3v) is 7.94. The molecule has 0 saturated carbocycles. The van der Waals surface area contributed by atoms with E-state index < -0.39 is 6.10 Å². The van der Waals surface area contributed by atoms with E-state index in [2.05, 4.69) is 9.80 Å². The minimum Gasteiger partial charge on any atom is -0.493 e. The Labute approximate surface area is 242 Å². The van der Waals surface area contributed by atoms with Crippen molar-refractivity contribution in [3.63, 3.8) is 0 Å². The summed E-state index contributed by atoms with van der Waals surface area (Å²) >= 11 is 0. The highest BCUT2D eigenvalue weighted by molar-refractivity contribution is 5.53. The molecule has 0 amide bonds. The second-order valence-electron chi connectivity index (χ2n) is 10.7. The summed E-state index contributed by atoms with van der Waals surface area (Å²) in [5.41, 5.74) is 3.12. The summed E-state index contributed by atoms with van der Waals surface area (Å²) in [7, 11) is 4.79. The number of aryl methyl sites for hydroxylation is 1. The van der Waals surface area contributed by atoms with Crippen LogP contribution < -0.4 is 14.2 Å². The summed E-state index contributed by atoms with van der Waals surface area (Å²) in [5.74, 6) is 1.40. The number of benzene rings is 3. The van der Waals surface area contributed by atoms with Crippen LogP contribution in [0.5, 0.6) is 17.2 Å². The first kappa shape index (κ1) is 30.8. The number of methoxy groups -OCH3 is 3. The molecule has 1 aliphatic rings. The van der Waals surface area contributed by atoms with Gasteiger partial charge in [-0.15, -0.1) is 0 Å². The van der Waals surface area contributed by atoms with Gasteiger partial charge in [-0.25, -0.2) is 8.78 Å². The summed E-state index contributed by atoms with van der Waals surface area (Å²) in [4.78, 5) is 4.79. The number of rotatable bonds is 14. The Bertz CT molecular complexity index is 1140. The molecule has 1 N–H and O–H groups in total. The number of piperazine rings is 1. The second kappa shape index (κ2) is 15.1. The number of halogens is 2. The van der Waals surface area contributed by atoms with Crippen molar-refractivity contribution in [3.8, 4) is 17.2 Å². The van der Waals surface area contributed by atoms with Crippen LogP contribution in [-0.4, -0.2) is 81.6 Å². The SMILES string of the molecule is COc1cc(CCC(O)CN2CCN(CCCC(c3ccc(F)cc3)c3ccc(F)cc3)CC2)cc(OC)c1OC. The molecule has 0 aromatic heterocycles. The molecule has 1 atom stereocenters. The molecule has 3 aromatic carbocycles. The molecule has 1 fully saturated rings. The fourth-order valence-electron chi connectivity index (χ4n) is 5.63. The Morgan fingerprint density at radius 2 is 1.24 bits per heavy atom. The van der Waals surface area contributed by atoms with E-state index in [-0.39, 0.29) is 17.6 Å². The highest BCUT2D eigenvalue weighted by Crippen LogP contribution is 2.38. The molecular weight excluding hydrogens is 526 g/mol. The number of hydrogen-bond donors (Lipinski definition) is 1. The number of hydrogen-bond acceptors (Lipinski definition) is 6. The Balaban J connectivity index is 1.22. The van der Waals surface area contributed by atoms with Gasteiger partial charge in [-0.3, -0.25) is 4.90 Å². The molecule has 1 saturated heterocycles. The van der Waals surface area contributed by atoms with Crippen molar-refractivity contribution in [2.24, 2.45) is 0 Å². The predicted molar refractivity (Wildman–Crippen MR) is 157 cm³/mol. The van der Waals surface area contributed by atoms with E-state index in [1.165, 1.54) is 24.3 Å². The van der Waals surface area contributed by atoms with Crippen LogP contribution in [0.3, 0.4) is 0 Å². The fourth-order valence-corrected chi connectivity index (χ4v) is 5.63. The van der Waals surface area contributed by atoms with E-state index in [1.807, 2.05) is 36.4 Å². The van der Waals surface area contributed by atoms with Crippen molar-refractivity contribution < 1.29 is 28.1 Å². The highest BCUT2D eigenvalue weighted by Gasteiger charge is 2.21. The molecule has 8 heteroatoms. The van der Waals surface area contributed by atoms with Crippen molar-refractivity contribution in [2.75, 3.05) is 60.6 Å². The molecule has 222 valence electrons. The lowest BCUT2D eigenvalue weighted by atomic mass is 9.87. The summed E-state index contributed by atoms with van der Waals surface area (Å²) in [6, 6.07) is 17.1. The molecule has 1 heterocycles. The van der Waals surface area contributed by atoms with Crippen LogP contribution in [0.4, 0.5) is 8.78 Å². The molecule has 4 rings (SSSR count). The van der Waals surface area contributed by atoms with E-state index in [4.69, 9.17) is 14.2 Å². The van der Waals surface area contributed by atoms with E-state index in [0.29, 0.717) is 36.6 Å². The quantitative estimate of drug-likeness (QED) is 0.277. The Hall–Kier alpha value is -3.20. The monoisotopic (exact) mass is 568 g/mol. The average molecular weight is 569 g/mol. The van der Waals surface area contributed by atoms with Gasteiger partial charge < -0.3 is 24.2 Å². The normalized spacial score (nSPS) is 15.2. The summed E-state index contributed by atoms with van der Waals surface area (Å²) in [6.07, 6.45) is 2.81. The average Bonchev–Trinajstić information content (AvgIpc) is 2.99. The van der Waals surface area contributed by atoms with Crippen molar-refractivity contribution in [1.29, 1.82) is 0 Å². The van der Waals surface area contributed by atoms with E-state index >= 15 is 0 Å². The topological polar surface area (TPSA) is 54.4 Å². The summed E-state index contributed by atoms with van der Waals surface area (Å²) in [5, 5.41) is 10.7. The van der Waals surface area contributed by atoms with Crippen molar-refractivity contribution in [3.05, 3.63) is 89.0 Å². The van der Waals surface area contributed by atoms with Crippen LogP contribution >= 0.6 is 0 Å². The molecule has 0 aliphatic carbocycles. The number of aliphatic hydroxyl groups is 1. The Morgan fingerprint density at radius 3 is 1.73 bits per heavy atom. The maximum absolute atomic E-state index is 13.5. The van der Waals surface area contributed by atoms with Crippen LogP contribution in [0.15, 0.2) is 60.7 Å². The molecule has 41 heavy (non-hydrogen) atoms. The first-order chi connectivity index (χ1) is 19.9. The molecule has 0 radical (unpaired) electrons. The zero-order valence-electron chi connectivity index (χ0n) is 24.3. The van der Waals surface area contributed by atoms with Gasteiger partial charge in [-0.05, 0) is 85.3 Å². The highest BCUT2D eigenvalue weighted by atomic mass is 19.1. The fraction of sp³-hybridized carbons (Fsp3) is 0.455. The van der Waals surface area contributed by atoms with E-state index in [9.17, 15) is 13.9 Å². The lowest BCUT2D eigenvalue weighted by Crippen LogP contribution is -2.48. The maximum atomic E-state index is 13.5. The summed E-state index contributed by atoms with van der Waals surface area (Å²) < 4.78 is 43.3. The second-order valence-corrected chi connectivity index (χ2v) is 10.7. The first-order valence-corrected chi connectivity index (χ1v) is 14.3. The van der Waals surface area contributed by atoms with Gasteiger partial charge in [0, 0.05) is 38.6 Å². The standard InChI is InChI=1S/C33H42F2N2O4/c1-39-31-21-24(22-32(40-2)33(31)41-3)6-15-29(38)23-37-19-17-36(18-20-37)16-4-5-30(25-7-11-27(34)12-8-25)26-9-13-28(35)14-10-26/h7-14,21-22,29-30,38H,4-6,15-20,23H2,1-3H3. The third kappa shape index (κ3) is 8.64. The number of ether oxygens (including phenoxy) is 3. The number of β-amino-alcohol motifs (C(OH)–C–C–N with tert-alkyl or cyclic N) is 1. The van der Waals surface area contributed by atoms with Crippen LogP contribution in [0.1, 0.15) is 41.9 Å². The van der Waals surface area contributed by atoms with E-state index in [1.54, 1.807) is 21.3 Å². The van der Waals surface area contributed by atoms with E-state index in [0.717, 1.165) is 62.3 Å². The third-order valence-electron chi connectivity index (χ3n) is 7.94. The summed E-state index contributed by atoms with van der Waals surface area (Å²) in [6.45, 7) is 5.36. The van der Waals surface area contributed by atoms with Crippen LogP contribution in [0.25, 0.3) is 0 Å². The largest absolute Gasteiger partial charge is 0.493 e. The molecule has 3 aromatic rings. The zero-order chi connectivity index (χ0) is 29.2. The van der Waals surface area contributed by atoms with Gasteiger partial charge in [-0.1, -0.05) is 24.3 Å². The lowest BCUT2D eigenvalue weighted by Gasteiger charge is -2.36. The van der Waals surface area contributed by atoms with Gasteiger partial charge in [0.2, 0.25) is 5.75 Å². The van der Waals surface area contributed by atoms with Gasteiger partial charge in [0.1, 0.15) is 11.6 Å². The molecule has 1 aliphatic heterocycles. The zero-order valence-corrected chi connectivity index (χ0v) is 24.3. The lowest BCUT2D eigenvalue weighted by molar-refractivity contribution is 0.0683. The van der Waals surface area contributed by atoms with Crippen molar-refractivity contribution in [2.45, 2.75) is 37.7 Å². The predicted octanol–water partition coefficient (Wildman–Crippen LogP) is 5.51. The van der Waals surface area contributed by atoms with Gasteiger partial charge >= 0.3 is 0 Å². The minimum absolute atomic E-state index is 0.0956. The Morgan fingerprint density at radius 1 is 0.732 bits per heavy atom. The van der Waals surface area contributed by atoms with Gasteiger partial charge in [0.15, 0.2) is 11.5 Å². The van der Waals surface area contributed by atoms with Gasteiger partial charge in [-0.2, -0.15) is 0 Å². The smallest absolute Gasteiger partial charge is 0.203 e. The molecule has 0 bridgehead atoms. The maximum Gasteiger partial charge on any atom is 0.203 e. The first-order valence-electron chi connectivity index (χ1n) is 14.3.